The smallest absolute Gasteiger partial charge is 0.0707 e. The molecule has 2 heterocycles. The van der Waals surface area contributed by atoms with E-state index in [2.05, 4.69) is 19.2 Å². The molecular formula is C10H19NO2. The predicted octanol–water partition coefficient (Wildman–Crippen LogP) is 0.932. The molecule has 0 spiro atoms. The average Bonchev–Trinajstić information content (AvgIpc) is 2.27. The maximum Gasteiger partial charge on any atom is 0.0707 e. The molecule has 0 radical (unpaired) electrons. The van der Waals surface area contributed by atoms with Crippen molar-refractivity contribution in [2.24, 2.45) is 0 Å². The van der Waals surface area contributed by atoms with E-state index in [1.807, 2.05) is 0 Å². The summed E-state index contributed by atoms with van der Waals surface area (Å²) >= 11 is 0. The molecule has 0 aliphatic carbocycles. The maximum absolute atomic E-state index is 5.86. The van der Waals surface area contributed by atoms with Crippen LogP contribution >= 0.6 is 0 Å². The summed E-state index contributed by atoms with van der Waals surface area (Å²) in [7, 11) is 0. The minimum absolute atomic E-state index is 0.0997. The number of ether oxygens (including phenoxy) is 2. The largest absolute Gasteiger partial charge is 0.378 e. The van der Waals surface area contributed by atoms with Gasteiger partial charge in [0, 0.05) is 6.54 Å². The first-order chi connectivity index (χ1) is 6.16. The zero-order valence-corrected chi connectivity index (χ0v) is 8.51. The van der Waals surface area contributed by atoms with Gasteiger partial charge in [-0.1, -0.05) is 0 Å². The highest BCUT2D eigenvalue weighted by Crippen LogP contribution is 2.28. The van der Waals surface area contributed by atoms with Gasteiger partial charge in [-0.2, -0.15) is 0 Å². The highest BCUT2D eigenvalue weighted by Gasteiger charge is 2.32. The van der Waals surface area contributed by atoms with Gasteiger partial charge in [0.15, 0.2) is 0 Å². The van der Waals surface area contributed by atoms with Crippen LogP contribution in [-0.2, 0) is 9.47 Å². The van der Waals surface area contributed by atoms with E-state index in [-0.39, 0.29) is 5.60 Å². The van der Waals surface area contributed by atoms with E-state index >= 15 is 0 Å². The van der Waals surface area contributed by atoms with Crippen molar-refractivity contribution in [3.05, 3.63) is 0 Å². The summed E-state index contributed by atoms with van der Waals surface area (Å²) in [4.78, 5) is 0. The van der Waals surface area contributed by atoms with Crippen LogP contribution in [-0.4, -0.2) is 37.5 Å². The van der Waals surface area contributed by atoms with Gasteiger partial charge in [0.2, 0.25) is 0 Å². The van der Waals surface area contributed by atoms with E-state index in [1.54, 1.807) is 0 Å². The fourth-order valence-electron chi connectivity index (χ4n) is 1.87. The Morgan fingerprint density at radius 3 is 2.62 bits per heavy atom. The van der Waals surface area contributed by atoms with Crippen LogP contribution in [0.2, 0.25) is 0 Å². The zero-order chi connectivity index (χ0) is 9.31. The van der Waals surface area contributed by atoms with Gasteiger partial charge in [0.1, 0.15) is 0 Å². The highest BCUT2D eigenvalue weighted by atomic mass is 16.5. The first-order valence-electron chi connectivity index (χ1n) is 5.15. The molecule has 2 saturated heterocycles. The minimum atomic E-state index is 0.0997. The van der Waals surface area contributed by atoms with E-state index in [0.29, 0.717) is 12.1 Å². The van der Waals surface area contributed by atoms with Crippen molar-refractivity contribution in [2.75, 3.05) is 19.8 Å². The molecule has 0 aromatic rings. The highest BCUT2D eigenvalue weighted by molar-refractivity contribution is 4.83. The summed E-state index contributed by atoms with van der Waals surface area (Å²) in [6.45, 7) is 7.06. The third-order valence-electron chi connectivity index (χ3n) is 2.83. The van der Waals surface area contributed by atoms with Crippen LogP contribution in [0.3, 0.4) is 0 Å². The lowest BCUT2D eigenvalue weighted by Gasteiger charge is -2.28. The fraction of sp³-hybridized carbons (Fsp3) is 1.00. The normalized spacial score (nSPS) is 33.2. The summed E-state index contributed by atoms with van der Waals surface area (Å²) in [5.41, 5.74) is 0.0997. The average molecular weight is 185 g/mol. The molecule has 3 heteroatoms. The summed E-state index contributed by atoms with van der Waals surface area (Å²) in [5.74, 6) is 0. The number of hydrogen-bond donors (Lipinski definition) is 1. The van der Waals surface area contributed by atoms with Crippen LogP contribution in [0, 0.1) is 0 Å². The molecule has 0 aromatic carbocycles. The quantitative estimate of drug-likeness (QED) is 0.709. The maximum atomic E-state index is 5.86. The Hall–Kier alpha value is -0.120. The van der Waals surface area contributed by atoms with Crippen molar-refractivity contribution in [3.63, 3.8) is 0 Å². The first kappa shape index (κ1) is 9.44. The van der Waals surface area contributed by atoms with Crippen molar-refractivity contribution < 1.29 is 9.47 Å². The molecule has 2 fully saturated rings. The summed E-state index contributed by atoms with van der Waals surface area (Å²) in [6.07, 6.45) is 2.78. The summed E-state index contributed by atoms with van der Waals surface area (Å²) < 4.78 is 11.0. The third-order valence-corrected chi connectivity index (χ3v) is 2.83. The van der Waals surface area contributed by atoms with Crippen molar-refractivity contribution in [1.29, 1.82) is 0 Å². The standard InChI is InChI=1S/C10H19NO2/c1-10(2)4-3-9(13-10)5-11-8-6-12-7-8/h8-9,11H,3-7H2,1-2H3. The van der Waals surface area contributed by atoms with E-state index < -0.39 is 0 Å². The lowest BCUT2D eigenvalue weighted by atomic mass is 10.1. The second-order valence-electron chi connectivity index (χ2n) is 4.68. The Kier molecular flexibility index (Phi) is 2.58. The van der Waals surface area contributed by atoms with Crippen LogP contribution < -0.4 is 5.32 Å². The first-order valence-corrected chi connectivity index (χ1v) is 5.15. The van der Waals surface area contributed by atoms with Crippen molar-refractivity contribution in [3.8, 4) is 0 Å². The predicted molar refractivity (Wildman–Crippen MR) is 50.8 cm³/mol. The second-order valence-corrected chi connectivity index (χ2v) is 4.68. The zero-order valence-electron chi connectivity index (χ0n) is 8.51. The lowest BCUT2D eigenvalue weighted by Crippen LogP contribution is -2.48. The van der Waals surface area contributed by atoms with E-state index in [9.17, 15) is 0 Å². The molecule has 13 heavy (non-hydrogen) atoms. The molecule has 3 nitrogen and oxygen atoms in total. The van der Waals surface area contributed by atoms with Crippen molar-refractivity contribution >= 4 is 0 Å². The van der Waals surface area contributed by atoms with Crippen LogP contribution in [0.5, 0.6) is 0 Å². The van der Waals surface area contributed by atoms with Gasteiger partial charge in [0.05, 0.1) is 31.0 Å². The van der Waals surface area contributed by atoms with Gasteiger partial charge in [-0.05, 0) is 26.7 Å². The fourth-order valence-corrected chi connectivity index (χ4v) is 1.87. The molecule has 2 rings (SSSR count). The van der Waals surface area contributed by atoms with Crippen LogP contribution in [0.4, 0.5) is 0 Å². The molecule has 0 aromatic heterocycles. The molecule has 2 aliphatic heterocycles. The Bertz CT molecular complexity index is 178. The second kappa shape index (κ2) is 3.56. The Labute approximate surface area is 79.8 Å². The SMILES string of the molecule is CC1(C)CCC(CNC2COC2)O1. The third kappa shape index (κ3) is 2.42. The lowest BCUT2D eigenvalue weighted by molar-refractivity contribution is -0.0336. The summed E-state index contributed by atoms with van der Waals surface area (Å²) in [5, 5.41) is 3.45. The topological polar surface area (TPSA) is 30.5 Å². The Balaban J connectivity index is 1.65. The van der Waals surface area contributed by atoms with Gasteiger partial charge in [-0.3, -0.25) is 0 Å². The van der Waals surface area contributed by atoms with Gasteiger partial charge in [-0.25, -0.2) is 0 Å². The molecule has 0 amide bonds. The van der Waals surface area contributed by atoms with E-state index in [1.165, 1.54) is 12.8 Å². The molecule has 1 unspecified atom stereocenters. The monoisotopic (exact) mass is 185 g/mol. The number of nitrogens with one attached hydrogen (secondary N) is 1. The molecule has 1 N–H and O–H groups in total. The van der Waals surface area contributed by atoms with Crippen LogP contribution in [0.1, 0.15) is 26.7 Å². The molecule has 0 saturated carbocycles. The van der Waals surface area contributed by atoms with Gasteiger partial charge in [0.25, 0.3) is 0 Å². The van der Waals surface area contributed by atoms with Crippen molar-refractivity contribution in [2.45, 2.75) is 44.4 Å². The minimum Gasteiger partial charge on any atom is -0.378 e. The van der Waals surface area contributed by atoms with Crippen molar-refractivity contribution in [1.82, 2.24) is 5.32 Å². The molecule has 76 valence electrons. The van der Waals surface area contributed by atoms with E-state index in [4.69, 9.17) is 9.47 Å². The molecule has 2 aliphatic rings. The van der Waals surface area contributed by atoms with Crippen LogP contribution in [0.15, 0.2) is 0 Å². The molecular weight excluding hydrogens is 166 g/mol. The van der Waals surface area contributed by atoms with Crippen LogP contribution in [0.25, 0.3) is 0 Å². The number of hydrogen-bond acceptors (Lipinski definition) is 3. The van der Waals surface area contributed by atoms with Gasteiger partial charge in [-0.15, -0.1) is 0 Å². The Morgan fingerprint density at radius 1 is 1.38 bits per heavy atom. The molecule has 1 atom stereocenters. The van der Waals surface area contributed by atoms with E-state index in [0.717, 1.165) is 19.8 Å². The Morgan fingerprint density at radius 2 is 2.15 bits per heavy atom. The van der Waals surface area contributed by atoms with Gasteiger partial charge < -0.3 is 14.8 Å². The molecule has 0 bridgehead atoms. The van der Waals surface area contributed by atoms with Gasteiger partial charge >= 0.3 is 0 Å². The number of rotatable bonds is 3. The summed E-state index contributed by atoms with van der Waals surface area (Å²) in [6, 6.07) is 0.576.